The average molecular weight is 231 g/mol. The summed E-state index contributed by atoms with van der Waals surface area (Å²) in [5.41, 5.74) is 1.88. The topological polar surface area (TPSA) is 26.3 Å². The van der Waals surface area contributed by atoms with Gasteiger partial charge in [0.25, 0.3) is 0 Å². The minimum absolute atomic E-state index is 0.0773. The van der Waals surface area contributed by atoms with Gasteiger partial charge in [-0.15, -0.1) is 11.6 Å². The molecule has 0 heterocycles. The Kier molecular flexibility index (Phi) is 4.09. The van der Waals surface area contributed by atoms with Crippen LogP contribution in [0.15, 0.2) is 12.1 Å². The highest BCUT2D eigenvalue weighted by molar-refractivity contribution is 6.17. The quantitative estimate of drug-likeness (QED) is 0.589. The van der Waals surface area contributed by atoms with Crippen LogP contribution in [0, 0.1) is 12.7 Å². The highest BCUT2D eigenvalue weighted by Crippen LogP contribution is 2.20. The molecule has 0 bridgehead atoms. The van der Waals surface area contributed by atoms with Crippen LogP contribution in [0.5, 0.6) is 0 Å². The van der Waals surface area contributed by atoms with Crippen molar-refractivity contribution in [3.63, 3.8) is 0 Å². The van der Waals surface area contributed by atoms with Gasteiger partial charge in [0.05, 0.1) is 13.5 Å². The van der Waals surface area contributed by atoms with Gasteiger partial charge in [0.2, 0.25) is 0 Å². The highest BCUT2D eigenvalue weighted by Gasteiger charge is 2.14. The largest absolute Gasteiger partial charge is 0.469 e. The lowest BCUT2D eigenvalue weighted by Crippen LogP contribution is -2.09. The molecule has 0 spiro atoms. The molecule has 0 saturated carbocycles. The lowest BCUT2D eigenvalue weighted by Gasteiger charge is -2.10. The van der Waals surface area contributed by atoms with Gasteiger partial charge in [-0.2, -0.15) is 0 Å². The summed E-state index contributed by atoms with van der Waals surface area (Å²) in [6.07, 6.45) is -0.0773. The Bertz CT molecular complexity index is 377. The number of benzene rings is 1. The summed E-state index contributed by atoms with van der Waals surface area (Å²) in [4.78, 5) is 11.1. The first kappa shape index (κ1) is 12.0. The monoisotopic (exact) mass is 230 g/mol. The molecule has 0 atom stereocenters. The molecule has 0 amide bonds. The Morgan fingerprint density at radius 3 is 2.67 bits per heavy atom. The van der Waals surface area contributed by atoms with E-state index in [2.05, 4.69) is 4.74 Å². The van der Waals surface area contributed by atoms with Gasteiger partial charge in [-0.3, -0.25) is 4.79 Å². The second-order valence-corrected chi connectivity index (χ2v) is 3.48. The third kappa shape index (κ3) is 2.69. The number of hydrogen-bond acceptors (Lipinski definition) is 2. The Balaban J connectivity index is 3.13. The SMILES string of the molecule is COC(=O)Cc1c(F)ccc(C)c1CCl. The smallest absolute Gasteiger partial charge is 0.310 e. The number of carbonyl (C=O) groups is 1. The van der Waals surface area contributed by atoms with E-state index in [-0.39, 0.29) is 12.3 Å². The van der Waals surface area contributed by atoms with Gasteiger partial charge >= 0.3 is 5.97 Å². The number of esters is 1. The first-order valence-electron chi connectivity index (χ1n) is 4.49. The lowest BCUT2D eigenvalue weighted by molar-refractivity contribution is -0.139. The number of aryl methyl sites for hydroxylation is 1. The Morgan fingerprint density at radius 2 is 2.13 bits per heavy atom. The minimum Gasteiger partial charge on any atom is -0.469 e. The van der Waals surface area contributed by atoms with E-state index in [1.54, 1.807) is 6.07 Å². The van der Waals surface area contributed by atoms with Crippen LogP contribution in [-0.2, 0) is 21.8 Å². The highest BCUT2D eigenvalue weighted by atomic mass is 35.5. The molecule has 1 aromatic rings. The van der Waals surface area contributed by atoms with Crippen LogP contribution in [0.25, 0.3) is 0 Å². The van der Waals surface area contributed by atoms with Crippen molar-refractivity contribution in [2.75, 3.05) is 7.11 Å². The Hall–Kier alpha value is -1.09. The first-order chi connectivity index (χ1) is 7.10. The summed E-state index contributed by atoms with van der Waals surface area (Å²) in [5, 5.41) is 0. The van der Waals surface area contributed by atoms with E-state index < -0.39 is 11.8 Å². The summed E-state index contributed by atoms with van der Waals surface area (Å²) in [6.45, 7) is 1.83. The van der Waals surface area contributed by atoms with Gasteiger partial charge in [-0.25, -0.2) is 4.39 Å². The van der Waals surface area contributed by atoms with E-state index >= 15 is 0 Å². The molecular weight excluding hydrogens is 219 g/mol. The van der Waals surface area contributed by atoms with E-state index in [4.69, 9.17) is 11.6 Å². The Morgan fingerprint density at radius 1 is 1.47 bits per heavy atom. The predicted molar refractivity (Wildman–Crippen MR) is 56.4 cm³/mol. The van der Waals surface area contributed by atoms with Crippen LogP contribution >= 0.6 is 11.6 Å². The molecule has 0 aliphatic carbocycles. The van der Waals surface area contributed by atoms with Gasteiger partial charge in [0, 0.05) is 11.4 Å². The van der Waals surface area contributed by atoms with E-state index in [0.29, 0.717) is 11.1 Å². The average Bonchev–Trinajstić information content (AvgIpc) is 2.23. The summed E-state index contributed by atoms with van der Waals surface area (Å²) >= 11 is 5.72. The number of rotatable bonds is 3. The zero-order valence-corrected chi connectivity index (χ0v) is 9.40. The number of ether oxygens (including phenoxy) is 1. The van der Waals surface area contributed by atoms with Crippen molar-refractivity contribution >= 4 is 17.6 Å². The third-order valence-corrected chi connectivity index (χ3v) is 2.56. The van der Waals surface area contributed by atoms with Crippen LogP contribution in [0.3, 0.4) is 0 Å². The molecule has 0 aliphatic rings. The second-order valence-electron chi connectivity index (χ2n) is 3.21. The van der Waals surface area contributed by atoms with Gasteiger partial charge < -0.3 is 4.74 Å². The van der Waals surface area contributed by atoms with Crippen LogP contribution in [0.4, 0.5) is 4.39 Å². The molecule has 1 rings (SSSR count). The zero-order chi connectivity index (χ0) is 11.4. The molecular formula is C11H12ClFO2. The maximum atomic E-state index is 13.4. The molecule has 82 valence electrons. The van der Waals surface area contributed by atoms with Crippen LogP contribution < -0.4 is 0 Å². The number of carbonyl (C=O) groups excluding carboxylic acids is 1. The van der Waals surface area contributed by atoms with E-state index in [1.165, 1.54) is 13.2 Å². The molecule has 0 radical (unpaired) electrons. The first-order valence-corrected chi connectivity index (χ1v) is 5.03. The maximum absolute atomic E-state index is 13.4. The van der Waals surface area contributed by atoms with Gasteiger partial charge in [-0.1, -0.05) is 6.07 Å². The van der Waals surface area contributed by atoms with Crippen molar-refractivity contribution in [2.24, 2.45) is 0 Å². The van der Waals surface area contributed by atoms with Crippen LogP contribution in [-0.4, -0.2) is 13.1 Å². The molecule has 0 fully saturated rings. The van der Waals surface area contributed by atoms with Crippen molar-refractivity contribution in [2.45, 2.75) is 19.2 Å². The fourth-order valence-electron chi connectivity index (χ4n) is 1.38. The zero-order valence-electron chi connectivity index (χ0n) is 8.64. The van der Waals surface area contributed by atoms with Crippen molar-refractivity contribution in [1.29, 1.82) is 0 Å². The van der Waals surface area contributed by atoms with E-state index in [0.717, 1.165) is 5.56 Å². The van der Waals surface area contributed by atoms with Crippen molar-refractivity contribution in [1.82, 2.24) is 0 Å². The lowest BCUT2D eigenvalue weighted by atomic mass is 10.0. The molecule has 0 unspecified atom stereocenters. The molecule has 2 nitrogen and oxygen atoms in total. The number of halogens is 2. The molecule has 0 saturated heterocycles. The number of hydrogen-bond donors (Lipinski definition) is 0. The number of methoxy groups -OCH3 is 1. The fraction of sp³-hybridized carbons (Fsp3) is 0.364. The molecule has 1 aromatic carbocycles. The molecule has 0 aromatic heterocycles. The van der Waals surface area contributed by atoms with Gasteiger partial charge in [0.1, 0.15) is 5.82 Å². The Labute approximate surface area is 93.0 Å². The van der Waals surface area contributed by atoms with Crippen molar-refractivity contribution in [3.8, 4) is 0 Å². The molecule has 0 aliphatic heterocycles. The third-order valence-electron chi connectivity index (χ3n) is 2.29. The summed E-state index contributed by atoms with van der Waals surface area (Å²) in [7, 11) is 1.27. The van der Waals surface area contributed by atoms with Crippen molar-refractivity contribution < 1.29 is 13.9 Å². The van der Waals surface area contributed by atoms with Crippen LogP contribution in [0.1, 0.15) is 16.7 Å². The van der Waals surface area contributed by atoms with E-state index in [1.807, 2.05) is 6.92 Å². The maximum Gasteiger partial charge on any atom is 0.310 e. The van der Waals surface area contributed by atoms with Gasteiger partial charge in [-0.05, 0) is 24.1 Å². The molecule has 4 heteroatoms. The standard InChI is InChI=1S/C11H12ClFO2/c1-7-3-4-10(13)8(9(7)6-12)5-11(14)15-2/h3-4H,5-6H2,1-2H3. The predicted octanol–water partition coefficient (Wildman–Crippen LogP) is 2.59. The molecule has 0 N–H and O–H groups in total. The summed E-state index contributed by atoms with van der Waals surface area (Å²) in [5.74, 6) is -0.692. The van der Waals surface area contributed by atoms with Crippen LogP contribution in [0.2, 0.25) is 0 Å². The normalized spacial score (nSPS) is 10.1. The van der Waals surface area contributed by atoms with Crippen molar-refractivity contribution in [3.05, 3.63) is 34.6 Å². The molecule has 15 heavy (non-hydrogen) atoms. The van der Waals surface area contributed by atoms with Gasteiger partial charge in [0.15, 0.2) is 0 Å². The van der Waals surface area contributed by atoms with E-state index in [9.17, 15) is 9.18 Å². The fourth-order valence-corrected chi connectivity index (χ4v) is 1.75. The summed E-state index contributed by atoms with van der Waals surface area (Å²) in [6, 6.07) is 2.98. The minimum atomic E-state index is -0.467. The second kappa shape index (κ2) is 5.12. The summed E-state index contributed by atoms with van der Waals surface area (Å²) < 4.78 is 17.9. The number of alkyl halides is 1.